The molecule has 0 heterocycles. The van der Waals surface area contributed by atoms with Gasteiger partial charge in [0.2, 0.25) is 7.49 Å². The first-order valence-corrected chi connectivity index (χ1v) is 8.70. The standard InChI is InChI=1S/C19H18OP.CH4.ClH/c1-20-21(17-11-5-2-6-12-17,18-13-7-3-8-14-18)19-15-9-4-10-16-19;;/h2-16H,1H3;1H4;1H/q+1;;/p-1. The first-order valence-electron chi connectivity index (χ1n) is 6.99. The lowest BCUT2D eigenvalue weighted by Crippen LogP contribution is -3.00. The molecule has 0 fully saturated rings. The minimum Gasteiger partial charge on any atom is -1.00 e. The molecule has 0 aliphatic rings. The molecule has 0 aromatic heterocycles. The number of hydrogen-bond donors (Lipinski definition) is 0. The topological polar surface area (TPSA) is 9.23 Å². The predicted octanol–water partition coefficient (Wildman–Crippen LogP) is 1.18. The highest BCUT2D eigenvalue weighted by Gasteiger charge is 2.46. The third-order valence-electron chi connectivity index (χ3n) is 3.63. The van der Waals surface area contributed by atoms with Crippen LogP contribution in [0.2, 0.25) is 0 Å². The van der Waals surface area contributed by atoms with Crippen molar-refractivity contribution in [3.05, 3.63) is 91.0 Å². The molecule has 0 N–H and O–H groups in total. The molecular weight excluding hydrogens is 323 g/mol. The minimum absolute atomic E-state index is 0. The third-order valence-corrected chi connectivity index (χ3v) is 7.26. The quantitative estimate of drug-likeness (QED) is 0.646. The molecular formula is C20H22ClOP. The Bertz CT molecular complexity index is 590. The van der Waals surface area contributed by atoms with E-state index >= 15 is 0 Å². The molecule has 0 radical (unpaired) electrons. The van der Waals surface area contributed by atoms with Gasteiger partial charge in [-0.25, -0.2) is 4.52 Å². The fourth-order valence-electron chi connectivity index (χ4n) is 2.68. The molecule has 120 valence electrons. The van der Waals surface area contributed by atoms with Crippen LogP contribution in [0, 0.1) is 0 Å². The second-order valence-corrected chi connectivity index (χ2v) is 7.93. The van der Waals surface area contributed by atoms with Crippen LogP contribution in [0.5, 0.6) is 0 Å². The second kappa shape index (κ2) is 8.84. The Morgan fingerprint density at radius 3 is 1.04 bits per heavy atom. The van der Waals surface area contributed by atoms with Crippen LogP contribution in [0.15, 0.2) is 91.0 Å². The molecule has 0 bridgehead atoms. The van der Waals surface area contributed by atoms with Crippen molar-refractivity contribution in [2.75, 3.05) is 7.11 Å². The predicted molar refractivity (Wildman–Crippen MR) is 98.9 cm³/mol. The van der Waals surface area contributed by atoms with E-state index in [1.165, 1.54) is 15.9 Å². The van der Waals surface area contributed by atoms with E-state index in [-0.39, 0.29) is 19.8 Å². The van der Waals surface area contributed by atoms with Gasteiger partial charge in [-0.3, -0.25) is 0 Å². The van der Waals surface area contributed by atoms with E-state index in [1.54, 1.807) is 0 Å². The summed E-state index contributed by atoms with van der Waals surface area (Å²) in [6.45, 7) is 0. The molecule has 0 spiro atoms. The van der Waals surface area contributed by atoms with Crippen LogP contribution in [0.4, 0.5) is 0 Å². The molecule has 0 aliphatic carbocycles. The lowest BCUT2D eigenvalue weighted by atomic mass is 10.4. The second-order valence-electron chi connectivity index (χ2n) is 4.80. The first kappa shape index (κ1) is 19.4. The van der Waals surface area contributed by atoms with Gasteiger partial charge in [0.25, 0.3) is 0 Å². The molecule has 0 amide bonds. The number of benzene rings is 3. The van der Waals surface area contributed by atoms with Crippen molar-refractivity contribution in [2.24, 2.45) is 0 Å². The zero-order valence-corrected chi connectivity index (χ0v) is 14.0. The lowest BCUT2D eigenvalue weighted by Gasteiger charge is -2.23. The van der Waals surface area contributed by atoms with Gasteiger partial charge < -0.3 is 12.4 Å². The van der Waals surface area contributed by atoms with Gasteiger partial charge in [0, 0.05) is 0 Å². The van der Waals surface area contributed by atoms with Crippen molar-refractivity contribution >= 4 is 23.4 Å². The first-order chi connectivity index (χ1) is 10.4. The minimum atomic E-state index is -2.03. The van der Waals surface area contributed by atoms with Crippen LogP contribution in [-0.2, 0) is 4.52 Å². The van der Waals surface area contributed by atoms with Crippen LogP contribution < -0.4 is 28.3 Å². The molecule has 0 saturated carbocycles. The normalized spacial score (nSPS) is 10.3. The Morgan fingerprint density at radius 1 is 0.565 bits per heavy atom. The van der Waals surface area contributed by atoms with E-state index in [1.807, 2.05) is 25.3 Å². The van der Waals surface area contributed by atoms with E-state index in [0.717, 1.165) is 0 Å². The van der Waals surface area contributed by atoms with Crippen LogP contribution in [0.25, 0.3) is 0 Å². The van der Waals surface area contributed by atoms with Crippen LogP contribution in [-0.4, -0.2) is 7.11 Å². The SMILES string of the molecule is C.CO[P+](c1ccccc1)(c1ccccc1)c1ccccc1.[Cl-]. The molecule has 3 heteroatoms. The molecule has 3 aromatic carbocycles. The van der Waals surface area contributed by atoms with E-state index in [4.69, 9.17) is 4.52 Å². The molecule has 0 unspecified atom stereocenters. The van der Waals surface area contributed by atoms with Gasteiger partial charge in [-0.15, -0.1) is 0 Å². The summed E-state index contributed by atoms with van der Waals surface area (Å²) in [4.78, 5) is 0. The zero-order chi connectivity index (χ0) is 14.5. The Labute approximate surface area is 146 Å². The van der Waals surface area contributed by atoms with Crippen LogP contribution in [0.3, 0.4) is 0 Å². The van der Waals surface area contributed by atoms with Crippen LogP contribution in [0.1, 0.15) is 7.43 Å². The summed E-state index contributed by atoms with van der Waals surface area (Å²) in [6, 6.07) is 31.6. The molecule has 3 aromatic rings. The van der Waals surface area contributed by atoms with E-state index < -0.39 is 7.49 Å². The summed E-state index contributed by atoms with van der Waals surface area (Å²) < 4.78 is 6.21. The third kappa shape index (κ3) is 3.64. The Hall–Kier alpha value is -1.66. The molecule has 0 aliphatic heterocycles. The Balaban J connectivity index is 0.00000132. The van der Waals surface area contributed by atoms with Crippen molar-refractivity contribution in [1.29, 1.82) is 0 Å². The average Bonchev–Trinajstić information content (AvgIpc) is 2.59. The summed E-state index contributed by atoms with van der Waals surface area (Å²) in [5.41, 5.74) is 0. The van der Waals surface area contributed by atoms with Crippen LogP contribution >= 0.6 is 7.49 Å². The van der Waals surface area contributed by atoms with E-state index in [9.17, 15) is 0 Å². The van der Waals surface area contributed by atoms with E-state index in [0.29, 0.717) is 0 Å². The average molecular weight is 345 g/mol. The highest BCUT2D eigenvalue weighted by molar-refractivity contribution is 7.91. The summed E-state index contributed by atoms with van der Waals surface area (Å²) >= 11 is 0. The van der Waals surface area contributed by atoms with Crippen molar-refractivity contribution < 1.29 is 16.9 Å². The van der Waals surface area contributed by atoms with Gasteiger partial charge in [-0.1, -0.05) is 62.0 Å². The van der Waals surface area contributed by atoms with Crippen molar-refractivity contribution in [3.8, 4) is 0 Å². The largest absolute Gasteiger partial charge is 1.00 e. The van der Waals surface area contributed by atoms with Gasteiger partial charge in [0.05, 0.1) is 7.11 Å². The zero-order valence-electron chi connectivity index (χ0n) is 12.4. The van der Waals surface area contributed by atoms with Crippen molar-refractivity contribution in [1.82, 2.24) is 0 Å². The molecule has 1 nitrogen and oxygen atoms in total. The van der Waals surface area contributed by atoms with Crippen molar-refractivity contribution in [3.63, 3.8) is 0 Å². The Kier molecular flexibility index (Phi) is 7.45. The van der Waals surface area contributed by atoms with Crippen molar-refractivity contribution in [2.45, 2.75) is 7.43 Å². The maximum Gasteiger partial charge on any atom is 0.241 e. The molecule has 3 rings (SSSR count). The fourth-order valence-corrected chi connectivity index (χ4v) is 5.98. The summed E-state index contributed by atoms with van der Waals surface area (Å²) in [7, 11) is -0.214. The van der Waals surface area contributed by atoms with E-state index in [2.05, 4.69) is 72.8 Å². The maximum atomic E-state index is 6.21. The molecule has 23 heavy (non-hydrogen) atoms. The number of hydrogen-bond acceptors (Lipinski definition) is 1. The summed E-state index contributed by atoms with van der Waals surface area (Å²) in [5, 5.41) is 3.72. The molecule has 0 saturated heterocycles. The highest BCUT2D eigenvalue weighted by Crippen LogP contribution is 2.55. The van der Waals surface area contributed by atoms with Gasteiger partial charge in [0.15, 0.2) is 0 Å². The monoisotopic (exact) mass is 344 g/mol. The van der Waals surface area contributed by atoms with Gasteiger partial charge >= 0.3 is 0 Å². The molecule has 0 atom stereocenters. The van der Waals surface area contributed by atoms with Gasteiger partial charge in [-0.05, 0) is 36.4 Å². The Morgan fingerprint density at radius 2 is 0.826 bits per heavy atom. The smallest absolute Gasteiger partial charge is 0.241 e. The van der Waals surface area contributed by atoms with Gasteiger partial charge in [0.1, 0.15) is 15.9 Å². The summed E-state index contributed by atoms with van der Waals surface area (Å²) in [6.07, 6.45) is 0. The number of rotatable bonds is 4. The fraction of sp³-hybridized carbons (Fsp3) is 0.100. The summed E-state index contributed by atoms with van der Waals surface area (Å²) in [5.74, 6) is 0. The maximum absolute atomic E-state index is 6.21. The van der Waals surface area contributed by atoms with Gasteiger partial charge in [-0.2, -0.15) is 0 Å². The lowest BCUT2D eigenvalue weighted by molar-refractivity contribution is -0.00000488. The number of halogens is 1. The highest BCUT2D eigenvalue weighted by atomic mass is 35.5.